The minimum absolute atomic E-state index is 0.0330. The van der Waals surface area contributed by atoms with Crippen molar-refractivity contribution in [1.82, 2.24) is 5.32 Å². The maximum Gasteiger partial charge on any atom is 0.239 e. The Labute approximate surface area is 157 Å². The van der Waals surface area contributed by atoms with Crippen LogP contribution in [0.1, 0.15) is 34.5 Å². The summed E-state index contributed by atoms with van der Waals surface area (Å²) >= 11 is 1.76. The van der Waals surface area contributed by atoms with E-state index in [0.717, 1.165) is 17.7 Å². The van der Waals surface area contributed by atoms with Crippen molar-refractivity contribution < 1.29 is 4.79 Å². The third kappa shape index (κ3) is 2.06. The lowest BCUT2D eigenvalue weighted by molar-refractivity contribution is -0.123. The summed E-state index contributed by atoms with van der Waals surface area (Å²) in [6.45, 7) is 0. The Hall–Kier alpha value is -2.43. The Morgan fingerprint density at radius 1 is 1.04 bits per heavy atom. The highest BCUT2D eigenvalue weighted by molar-refractivity contribution is 7.10. The number of para-hydroxylation sites is 1. The maximum atomic E-state index is 13.6. The van der Waals surface area contributed by atoms with Crippen molar-refractivity contribution in [3.05, 3.63) is 88.1 Å². The molecule has 0 radical (unpaired) electrons. The first-order chi connectivity index (χ1) is 12.7. The van der Waals surface area contributed by atoms with E-state index in [4.69, 9.17) is 0 Å². The van der Waals surface area contributed by atoms with Gasteiger partial charge in [0.25, 0.3) is 0 Å². The van der Waals surface area contributed by atoms with Crippen LogP contribution in [-0.2, 0) is 10.2 Å². The van der Waals surface area contributed by atoms with E-state index in [1.165, 1.54) is 10.4 Å². The van der Waals surface area contributed by atoms with E-state index in [1.807, 2.05) is 30.1 Å². The zero-order valence-electron chi connectivity index (χ0n) is 14.6. The molecule has 3 nitrogen and oxygen atoms in total. The Morgan fingerprint density at radius 3 is 2.58 bits per heavy atom. The number of likely N-dealkylation sites (N-methyl/N-ethyl adjacent to an activating group) is 1. The minimum Gasteiger partial charge on any atom is -0.314 e. The standard InChI is InChI=1S/C22H20N2OS/c1-24-18-11-6-5-10-16(18)22(21(24)25)14-17(19-12-7-13-26-19)23-20(22)15-8-3-2-4-9-15/h2-13,17,20,23H,14H2,1H3/t17-,20-,22+/m0/s1. The van der Waals surface area contributed by atoms with Gasteiger partial charge in [0.2, 0.25) is 5.91 Å². The molecule has 0 bridgehead atoms. The first-order valence-electron chi connectivity index (χ1n) is 8.94. The summed E-state index contributed by atoms with van der Waals surface area (Å²) < 4.78 is 0. The number of hydrogen-bond donors (Lipinski definition) is 1. The molecule has 5 rings (SSSR count). The molecule has 1 aromatic heterocycles. The van der Waals surface area contributed by atoms with Gasteiger partial charge in [0.1, 0.15) is 0 Å². The fourth-order valence-corrected chi connectivity index (χ4v) is 5.47. The van der Waals surface area contributed by atoms with Gasteiger partial charge in [-0.05, 0) is 35.1 Å². The normalized spacial score (nSPS) is 27.3. The molecular weight excluding hydrogens is 340 g/mol. The van der Waals surface area contributed by atoms with Gasteiger partial charge in [-0.2, -0.15) is 0 Å². The summed E-state index contributed by atoms with van der Waals surface area (Å²) in [5.74, 6) is 0.194. The molecule has 0 unspecified atom stereocenters. The van der Waals surface area contributed by atoms with Crippen LogP contribution in [0.4, 0.5) is 5.69 Å². The lowest BCUT2D eigenvalue weighted by Crippen LogP contribution is -2.42. The average molecular weight is 360 g/mol. The monoisotopic (exact) mass is 360 g/mol. The fourth-order valence-electron chi connectivity index (χ4n) is 4.68. The van der Waals surface area contributed by atoms with Gasteiger partial charge in [-0.25, -0.2) is 0 Å². The minimum atomic E-state index is -0.554. The predicted molar refractivity (Wildman–Crippen MR) is 106 cm³/mol. The van der Waals surface area contributed by atoms with Gasteiger partial charge in [0, 0.05) is 23.7 Å². The van der Waals surface area contributed by atoms with Gasteiger partial charge in [0.05, 0.1) is 11.5 Å². The van der Waals surface area contributed by atoms with Crippen LogP contribution in [0, 0.1) is 0 Å². The summed E-state index contributed by atoms with van der Waals surface area (Å²) in [5, 5.41) is 5.90. The highest BCUT2D eigenvalue weighted by atomic mass is 32.1. The topological polar surface area (TPSA) is 32.3 Å². The molecule has 1 amide bonds. The summed E-state index contributed by atoms with van der Waals surface area (Å²) in [4.78, 5) is 16.7. The van der Waals surface area contributed by atoms with Gasteiger partial charge in [0.15, 0.2) is 0 Å². The van der Waals surface area contributed by atoms with E-state index in [9.17, 15) is 4.79 Å². The van der Waals surface area contributed by atoms with Crippen molar-refractivity contribution in [2.75, 3.05) is 11.9 Å². The molecule has 1 N–H and O–H groups in total. The van der Waals surface area contributed by atoms with Crippen LogP contribution >= 0.6 is 11.3 Å². The molecule has 26 heavy (non-hydrogen) atoms. The highest BCUT2D eigenvalue weighted by Crippen LogP contribution is 2.57. The molecule has 3 aromatic rings. The Kier molecular flexibility index (Phi) is 3.52. The van der Waals surface area contributed by atoms with Crippen molar-refractivity contribution in [3.8, 4) is 0 Å². The number of thiophene rings is 1. The van der Waals surface area contributed by atoms with Crippen molar-refractivity contribution >= 4 is 22.9 Å². The molecule has 1 fully saturated rings. The average Bonchev–Trinajstić information content (AvgIpc) is 3.39. The largest absolute Gasteiger partial charge is 0.314 e. The van der Waals surface area contributed by atoms with Crippen molar-refractivity contribution in [2.45, 2.75) is 23.9 Å². The molecule has 1 saturated heterocycles. The lowest BCUT2D eigenvalue weighted by atomic mass is 9.72. The number of rotatable bonds is 2. The van der Waals surface area contributed by atoms with Gasteiger partial charge in [-0.3, -0.25) is 4.79 Å². The van der Waals surface area contributed by atoms with Gasteiger partial charge < -0.3 is 10.2 Å². The zero-order chi connectivity index (χ0) is 17.7. The maximum absolute atomic E-state index is 13.6. The third-order valence-corrected chi connectivity index (χ3v) is 6.82. The first-order valence-corrected chi connectivity index (χ1v) is 9.82. The van der Waals surface area contributed by atoms with E-state index < -0.39 is 5.41 Å². The smallest absolute Gasteiger partial charge is 0.239 e. The van der Waals surface area contributed by atoms with Crippen molar-refractivity contribution in [1.29, 1.82) is 0 Å². The molecule has 130 valence electrons. The Bertz CT molecular complexity index is 953. The number of amides is 1. The highest BCUT2D eigenvalue weighted by Gasteiger charge is 2.59. The molecule has 3 heterocycles. The molecule has 0 saturated carbocycles. The summed E-state index contributed by atoms with van der Waals surface area (Å²) in [7, 11) is 1.90. The molecule has 2 aromatic carbocycles. The van der Waals surface area contributed by atoms with Crippen molar-refractivity contribution in [2.24, 2.45) is 0 Å². The van der Waals surface area contributed by atoms with Crippen LogP contribution in [0.15, 0.2) is 72.1 Å². The number of nitrogens with zero attached hydrogens (tertiary/aromatic N) is 1. The number of anilines is 1. The van der Waals surface area contributed by atoms with E-state index in [1.54, 1.807) is 11.3 Å². The van der Waals surface area contributed by atoms with Gasteiger partial charge in [-0.1, -0.05) is 54.6 Å². The summed E-state index contributed by atoms with van der Waals surface area (Å²) in [6.07, 6.45) is 0.785. The second kappa shape index (κ2) is 5.79. The second-order valence-electron chi connectivity index (χ2n) is 7.14. The van der Waals surface area contributed by atoms with Crippen LogP contribution in [0.2, 0.25) is 0 Å². The van der Waals surface area contributed by atoms with Crippen LogP contribution < -0.4 is 10.2 Å². The van der Waals surface area contributed by atoms with E-state index in [2.05, 4.69) is 59.2 Å². The van der Waals surface area contributed by atoms with Gasteiger partial charge >= 0.3 is 0 Å². The SMILES string of the molecule is CN1C(=O)[C@]2(C[C@@H](c3cccs3)N[C@H]2c2ccccc2)c2ccccc21. The molecule has 1 spiro atoms. The van der Waals surface area contributed by atoms with E-state index in [-0.39, 0.29) is 18.0 Å². The van der Waals surface area contributed by atoms with Crippen molar-refractivity contribution in [3.63, 3.8) is 0 Å². The molecule has 2 aliphatic heterocycles. The molecular formula is C22H20N2OS. The third-order valence-electron chi connectivity index (χ3n) is 5.84. The van der Waals surface area contributed by atoms with Crippen LogP contribution in [0.5, 0.6) is 0 Å². The van der Waals surface area contributed by atoms with Crippen LogP contribution in [-0.4, -0.2) is 13.0 Å². The number of carbonyl (C=O) groups is 1. The lowest BCUT2D eigenvalue weighted by Gasteiger charge is -2.30. The number of fused-ring (bicyclic) bond motifs is 2. The molecule has 2 aliphatic rings. The van der Waals surface area contributed by atoms with E-state index in [0.29, 0.717) is 0 Å². The zero-order valence-corrected chi connectivity index (χ0v) is 15.4. The Balaban J connectivity index is 1.71. The van der Waals surface area contributed by atoms with Crippen LogP contribution in [0.3, 0.4) is 0 Å². The molecule has 3 atom stereocenters. The summed E-state index contributed by atoms with van der Waals surface area (Å²) in [6, 6.07) is 23.0. The quantitative estimate of drug-likeness (QED) is 0.733. The number of hydrogen-bond acceptors (Lipinski definition) is 3. The molecule has 4 heteroatoms. The summed E-state index contributed by atoms with van der Waals surface area (Å²) in [5.41, 5.74) is 2.80. The number of carbonyl (C=O) groups excluding carboxylic acids is 1. The number of benzene rings is 2. The van der Waals surface area contributed by atoms with Crippen LogP contribution in [0.25, 0.3) is 0 Å². The van der Waals surface area contributed by atoms with E-state index >= 15 is 0 Å². The fraction of sp³-hybridized carbons (Fsp3) is 0.227. The Morgan fingerprint density at radius 2 is 1.81 bits per heavy atom. The molecule has 0 aliphatic carbocycles. The first kappa shape index (κ1) is 15.8. The van der Waals surface area contributed by atoms with Gasteiger partial charge in [-0.15, -0.1) is 11.3 Å². The second-order valence-corrected chi connectivity index (χ2v) is 8.11. The number of nitrogens with one attached hydrogen (secondary N) is 1. The predicted octanol–water partition coefficient (Wildman–Crippen LogP) is 4.44.